The standard InChI is InChI=1S/C10H17ClO3S/c11-7-10(3-1-4-14-8-10)9-2-5-15(12,13)6-9/h9H,1-8H2. The Morgan fingerprint density at radius 2 is 2.27 bits per heavy atom. The van der Waals surface area contributed by atoms with E-state index in [1.165, 1.54) is 0 Å². The molecule has 0 bridgehead atoms. The molecule has 0 aromatic carbocycles. The minimum Gasteiger partial charge on any atom is -0.381 e. The monoisotopic (exact) mass is 252 g/mol. The molecule has 0 spiro atoms. The lowest BCUT2D eigenvalue weighted by Crippen LogP contribution is -2.41. The molecule has 88 valence electrons. The highest BCUT2D eigenvalue weighted by molar-refractivity contribution is 7.91. The zero-order chi connectivity index (χ0) is 10.9. The Morgan fingerprint density at radius 1 is 1.47 bits per heavy atom. The molecule has 0 aromatic heterocycles. The Hall–Kier alpha value is 0.200. The van der Waals surface area contributed by atoms with Gasteiger partial charge in [0.25, 0.3) is 0 Å². The summed E-state index contributed by atoms with van der Waals surface area (Å²) in [5, 5.41) is 0. The largest absolute Gasteiger partial charge is 0.381 e. The molecule has 2 saturated heterocycles. The first kappa shape index (κ1) is 11.7. The summed E-state index contributed by atoms with van der Waals surface area (Å²) in [5.74, 6) is 1.37. The highest BCUT2D eigenvalue weighted by atomic mass is 35.5. The quantitative estimate of drug-likeness (QED) is 0.699. The fraction of sp³-hybridized carbons (Fsp3) is 1.00. The topological polar surface area (TPSA) is 43.4 Å². The molecule has 0 N–H and O–H groups in total. The van der Waals surface area contributed by atoms with Crippen LogP contribution in [0.25, 0.3) is 0 Å². The van der Waals surface area contributed by atoms with Crippen molar-refractivity contribution in [3.05, 3.63) is 0 Å². The van der Waals surface area contributed by atoms with Crippen molar-refractivity contribution in [1.29, 1.82) is 0 Å². The van der Waals surface area contributed by atoms with Crippen molar-refractivity contribution in [3.8, 4) is 0 Å². The molecule has 3 nitrogen and oxygen atoms in total. The van der Waals surface area contributed by atoms with Gasteiger partial charge in [-0.2, -0.15) is 0 Å². The van der Waals surface area contributed by atoms with Crippen molar-refractivity contribution in [2.75, 3.05) is 30.6 Å². The van der Waals surface area contributed by atoms with E-state index in [-0.39, 0.29) is 11.3 Å². The number of hydrogen-bond donors (Lipinski definition) is 0. The number of alkyl halides is 1. The predicted octanol–water partition coefficient (Wildman–Crippen LogP) is 1.46. The van der Waals surface area contributed by atoms with E-state index in [0.29, 0.717) is 24.0 Å². The van der Waals surface area contributed by atoms with E-state index in [9.17, 15) is 8.42 Å². The van der Waals surface area contributed by atoms with Gasteiger partial charge in [-0.1, -0.05) is 0 Å². The first-order chi connectivity index (χ1) is 7.08. The van der Waals surface area contributed by atoms with Gasteiger partial charge in [0.1, 0.15) is 0 Å². The van der Waals surface area contributed by atoms with Gasteiger partial charge in [-0.15, -0.1) is 11.6 Å². The van der Waals surface area contributed by atoms with Gasteiger partial charge in [0, 0.05) is 17.9 Å². The van der Waals surface area contributed by atoms with Crippen LogP contribution in [0, 0.1) is 11.3 Å². The zero-order valence-electron chi connectivity index (χ0n) is 8.75. The molecular weight excluding hydrogens is 236 g/mol. The van der Waals surface area contributed by atoms with E-state index in [2.05, 4.69) is 0 Å². The Bertz CT molecular complexity index is 320. The summed E-state index contributed by atoms with van der Waals surface area (Å²) in [4.78, 5) is 0. The lowest BCUT2D eigenvalue weighted by atomic mass is 9.73. The first-order valence-corrected chi connectivity index (χ1v) is 7.78. The van der Waals surface area contributed by atoms with E-state index in [1.807, 2.05) is 0 Å². The fourth-order valence-electron chi connectivity index (χ4n) is 2.69. The molecule has 2 unspecified atom stereocenters. The summed E-state index contributed by atoms with van der Waals surface area (Å²) in [6.07, 6.45) is 2.78. The number of ether oxygens (including phenoxy) is 1. The van der Waals surface area contributed by atoms with Crippen molar-refractivity contribution >= 4 is 21.4 Å². The molecule has 2 heterocycles. The maximum atomic E-state index is 11.5. The van der Waals surface area contributed by atoms with Gasteiger partial charge in [-0.3, -0.25) is 0 Å². The lowest BCUT2D eigenvalue weighted by Gasteiger charge is -2.39. The fourth-order valence-corrected chi connectivity index (χ4v) is 5.06. The molecule has 2 aliphatic rings. The van der Waals surface area contributed by atoms with E-state index < -0.39 is 9.84 Å². The minimum atomic E-state index is -2.81. The molecule has 2 atom stereocenters. The third kappa shape index (κ3) is 2.32. The van der Waals surface area contributed by atoms with Crippen LogP contribution in [0.15, 0.2) is 0 Å². The summed E-state index contributed by atoms with van der Waals surface area (Å²) in [5.41, 5.74) is -0.0800. The molecule has 15 heavy (non-hydrogen) atoms. The minimum absolute atomic E-state index is 0.0800. The average molecular weight is 253 g/mol. The Kier molecular flexibility index (Phi) is 3.29. The van der Waals surface area contributed by atoms with Crippen LogP contribution < -0.4 is 0 Å². The molecule has 0 saturated carbocycles. The number of halogens is 1. The molecule has 0 radical (unpaired) electrons. The van der Waals surface area contributed by atoms with Gasteiger partial charge >= 0.3 is 0 Å². The van der Waals surface area contributed by atoms with Crippen molar-refractivity contribution in [3.63, 3.8) is 0 Å². The highest BCUT2D eigenvalue weighted by Crippen LogP contribution is 2.42. The van der Waals surface area contributed by atoms with Gasteiger partial charge in [0.05, 0.1) is 18.1 Å². The van der Waals surface area contributed by atoms with Crippen molar-refractivity contribution in [2.45, 2.75) is 19.3 Å². The van der Waals surface area contributed by atoms with Crippen LogP contribution in [0.4, 0.5) is 0 Å². The van der Waals surface area contributed by atoms with Crippen LogP contribution in [0.1, 0.15) is 19.3 Å². The van der Waals surface area contributed by atoms with Crippen LogP contribution in [0.5, 0.6) is 0 Å². The Morgan fingerprint density at radius 3 is 2.73 bits per heavy atom. The normalized spacial score (nSPS) is 40.5. The van der Waals surface area contributed by atoms with E-state index in [0.717, 1.165) is 25.9 Å². The van der Waals surface area contributed by atoms with E-state index >= 15 is 0 Å². The molecule has 5 heteroatoms. The van der Waals surface area contributed by atoms with Crippen LogP contribution >= 0.6 is 11.6 Å². The predicted molar refractivity (Wildman–Crippen MR) is 60.0 cm³/mol. The highest BCUT2D eigenvalue weighted by Gasteiger charge is 2.45. The average Bonchev–Trinajstić information content (AvgIpc) is 2.60. The SMILES string of the molecule is O=S1(=O)CCC(C2(CCl)CCCOC2)C1. The van der Waals surface area contributed by atoms with Crippen molar-refractivity contribution < 1.29 is 13.2 Å². The molecule has 2 rings (SSSR count). The number of hydrogen-bond acceptors (Lipinski definition) is 3. The third-order valence-electron chi connectivity index (χ3n) is 3.72. The van der Waals surface area contributed by atoms with Crippen molar-refractivity contribution in [2.24, 2.45) is 11.3 Å². The molecule has 2 aliphatic heterocycles. The second-order valence-electron chi connectivity index (χ2n) is 4.75. The Balaban J connectivity index is 2.13. The zero-order valence-corrected chi connectivity index (χ0v) is 10.3. The molecule has 2 fully saturated rings. The second kappa shape index (κ2) is 4.22. The van der Waals surface area contributed by atoms with E-state index in [4.69, 9.17) is 16.3 Å². The van der Waals surface area contributed by atoms with Gasteiger partial charge in [-0.25, -0.2) is 8.42 Å². The number of sulfone groups is 1. The van der Waals surface area contributed by atoms with Crippen LogP contribution in [0.3, 0.4) is 0 Å². The second-order valence-corrected chi connectivity index (χ2v) is 7.25. The van der Waals surface area contributed by atoms with Gasteiger partial charge in [0.2, 0.25) is 0 Å². The van der Waals surface area contributed by atoms with Crippen molar-refractivity contribution in [1.82, 2.24) is 0 Å². The summed E-state index contributed by atoms with van der Waals surface area (Å²) in [6.45, 7) is 1.43. The van der Waals surface area contributed by atoms with Crippen LogP contribution in [-0.4, -0.2) is 39.0 Å². The Labute approximate surface area is 96.1 Å². The van der Waals surface area contributed by atoms with Crippen LogP contribution in [-0.2, 0) is 14.6 Å². The molecular formula is C10H17ClO3S. The summed E-state index contributed by atoms with van der Waals surface area (Å²) < 4.78 is 28.4. The van der Waals surface area contributed by atoms with Gasteiger partial charge in [0.15, 0.2) is 9.84 Å². The molecule has 0 aliphatic carbocycles. The van der Waals surface area contributed by atoms with E-state index in [1.54, 1.807) is 0 Å². The smallest absolute Gasteiger partial charge is 0.150 e. The first-order valence-electron chi connectivity index (χ1n) is 5.42. The molecule has 0 amide bonds. The third-order valence-corrected chi connectivity index (χ3v) is 6.02. The summed E-state index contributed by atoms with van der Waals surface area (Å²) in [7, 11) is -2.81. The molecule has 0 aromatic rings. The number of rotatable bonds is 2. The lowest BCUT2D eigenvalue weighted by molar-refractivity contribution is -0.0229. The summed E-state index contributed by atoms with van der Waals surface area (Å²) in [6, 6.07) is 0. The maximum Gasteiger partial charge on any atom is 0.150 e. The van der Waals surface area contributed by atoms with Gasteiger partial charge in [-0.05, 0) is 25.2 Å². The summed E-state index contributed by atoms with van der Waals surface area (Å²) >= 11 is 6.04. The van der Waals surface area contributed by atoms with Crippen LogP contribution in [0.2, 0.25) is 0 Å². The maximum absolute atomic E-state index is 11.5. The van der Waals surface area contributed by atoms with Gasteiger partial charge < -0.3 is 4.74 Å².